The molecule has 0 amide bonds. The fourth-order valence-electron chi connectivity index (χ4n) is 1.86. The van der Waals surface area contributed by atoms with Gasteiger partial charge in [0.1, 0.15) is 6.61 Å². The molecular weight excluding hydrogens is 252 g/mol. The summed E-state index contributed by atoms with van der Waals surface area (Å²) < 4.78 is 6.84. The third kappa shape index (κ3) is 3.47. The van der Waals surface area contributed by atoms with E-state index in [1.54, 1.807) is 17.9 Å². The Bertz CT molecular complexity index is 592. The molecular formula is C16H20N2O2. The Morgan fingerprint density at radius 1 is 1.25 bits per heavy atom. The van der Waals surface area contributed by atoms with Crippen molar-refractivity contribution in [2.45, 2.75) is 32.8 Å². The number of nitrogens with zero attached hydrogens (tertiary/aromatic N) is 2. The maximum Gasteiger partial charge on any atom is 0.341 e. The molecule has 0 saturated carbocycles. The predicted octanol–water partition coefficient (Wildman–Crippen LogP) is 3.07. The maximum absolute atomic E-state index is 11.8. The van der Waals surface area contributed by atoms with Crippen LogP contribution in [0.25, 0.3) is 0 Å². The Hall–Kier alpha value is -2.10. The lowest BCUT2D eigenvalue weighted by Gasteiger charge is -2.19. The molecule has 1 heterocycles. The van der Waals surface area contributed by atoms with Gasteiger partial charge in [-0.05, 0) is 16.5 Å². The molecule has 0 radical (unpaired) electrons. The van der Waals surface area contributed by atoms with Crippen LogP contribution in [0.2, 0.25) is 0 Å². The van der Waals surface area contributed by atoms with Gasteiger partial charge in [-0.1, -0.05) is 45.0 Å². The Labute approximate surface area is 119 Å². The molecule has 0 unspecified atom stereocenters. The minimum absolute atomic E-state index is 0.130. The molecule has 0 spiro atoms. The first kappa shape index (κ1) is 14.3. The molecule has 0 atom stereocenters. The molecule has 1 aromatic carbocycles. The van der Waals surface area contributed by atoms with Crippen LogP contribution >= 0.6 is 0 Å². The van der Waals surface area contributed by atoms with Gasteiger partial charge in [-0.2, -0.15) is 5.10 Å². The zero-order valence-corrected chi connectivity index (χ0v) is 12.4. The van der Waals surface area contributed by atoms with Crippen molar-refractivity contribution in [3.8, 4) is 0 Å². The van der Waals surface area contributed by atoms with E-state index in [-0.39, 0.29) is 18.0 Å². The van der Waals surface area contributed by atoms with E-state index in [4.69, 9.17) is 4.74 Å². The summed E-state index contributed by atoms with van der Waals surface area (Å²) in [6.07, 6.45) is 3.15. The van der Waals surface area contributed by atoms with Gasteiger partial charge in [-0.3, -0.25) is 4.68 Å². The van der Waals surface area contributed by atoms with Gasteiger partial charge in [0.25, 0.3) is 0 Å². The molecule has 20 heavy (non-hydrogen) atoms. The van der Waals surface area contributed by atoms with Gasteiger partial charge in [0, 0.05) is 13.2 Å². The molecule has 0 aliphatic rings. The van der Waals surface area contributed by atoms with Gasteiger partial charge in [-0.15, -0.1) is 0 Å². The number of hydrogen-bond acceptors (Lipinski definition) is 3. The zero-order valence-electron chi connectivity index (χ0n) is 12.4. The summed E-state index contributed by atoms with van der Waals surface area (Å²) in [7, 11) is 1.77. The lowest BCUT2D eigenvalue weighted by atomic mass is 9.87. The summed E-state index contributed by atoms with van der Waals surface area (Å²) in [4.78, 5) is 11.8. The Morgan fingerprint density at radius 2 is 1.90 bits per heavy atom. The van der Waals surface area contributed by atoms with Crippen LogP contribution in [0.5, 0.6) is 0 Å². The lowest BCUT2D eigenvalue weighted by Crippen LogP contribution is -2.11. The first-order valence-electron chi connectivity index (χ1n) is 6.61. The van der Waals surface area contributed by atoms with E-state index < -0.39 is 0 Å². The Kier molecular flexibility index (Phi) is 3.93. The number of carbonyl (C=O) groups excluding carboxylic acids is 1. The predicted molar refractivity (Wildman–Crippen MR) is 77.5 cm³/mol. The highest BCUT2D eigenvalue weighted by Gasteiger charge is 2.13. The SMILES string of the molecule is Cn1cc(C(=O)OCc2ccc(C(C)(C)C)cc2)cn1. The van der Waals surface area contributed by atoms with E-state index in [0.29, 0.717) is 5.56 Å². The molecule has 4 heteroatoms. The monoisotopic (exact) mass is 272 g/mol. The van der Waals surface area contributed by atoms with Crippen molar-refractivity contribution >= 4 is 5.97 Å². The summed E-state index contributed by atoms with van der Waals surface area (Å²) in [6.45, 7) is 6.79. The highest BCUT2D eigenvalue weighted by Crippen LogP contribution is 2.22. The van der Waals surface area contributed by atoms with Crippen molar-refractivity contribution in [3.05, 3.63) is 53.3 Å². The average Bonchev–Trinajstić information content (AvgIpc) is 2.82. The molecule has 0 aliphatic carbocycles. The molecule has 2 rings (SSSR count). The summed E-state index contributed by atoms with van der Waals surface area (Å²) in [5, 5.41) is 3.95. The van der Waals surface area contributed by atoms with E-state index >= 15 is 0 Å². The maximum atomic E-state index is 11.8. The summed E-state index contributed by atoms with van der Waals surface area (Å²) in [6, 6.07) is 8.15. The first-order valence-corrected chi connectivity index (χ1v) is 6.61. The van der Waals surface area contributed by atoms with Crippen LogP contribution < -0.4 is 0 Å². The van der Waals surface area contributed by atoms with Crippen molar-refractivity contribution in [2.24, 2.45) is 7.05 Å². The quantitative estimate of drug-likeness (QED) is 0.807. The molecule has 0 fully saturated rings. The normalized spacial score (nSPS) is 11.4. The van der Waals surface area contributed by atoms with Gasteiger partial charge in [0.2, 0.25) is 0 Å². The topological polar surface area (TPSA) is 44.1 Å². The fourth-order valence-corrected chi connectivity index (χ4v) is 1.86. The smallest absolute Gasteiger partial charge is 0.341 e. The summed E-state index contributed by atoms with van der Waals surface area (Å²) in [5.41, 5.74) is 2.85. The standard InChI is InChI=1S/C16H20N2O2/c1-16(2,3)14-7-5-12(6-8-14)11-20-15(19)13-9-17-18(4)10-13/h5-10H,11H2,1-4H3. The third-order valence-corrected chi connectivity index (χ3v) is 3.13. The van der Waals surface area contributed by atoms with Gasteiger partial charge >= 0.3 is 5.97 Å². The van der Waals surface area contributed by atoms with Crippen LogP contribution in [-0.2, 0) is 23.8 Å². The minimum Gasteiger partial charge on any atom is -0.457 e. The van der Waals surface area contributed by atoms with Gasteiger partial charge in [-0.25, -0.2) is 4.79 Å². The molecule has 1 aromatic heterocycles. The second kappa shape index (κ2) is 5.49. The number of hydrogen-bond donors (Lipinski definition) is 0. The molecule has 2 aromatic rings. The van der Waals surface area contributed by atoms with E-state index in [1.807, 2.05) is 12.1 Å². The van der Waals surface area contributed by atoms with Crippen LogP contribution in [0.3, 0.4) is 0 Å². The average molecular weight is 272 g/mol. The number of esters is 1. The van der Waals surface area contributed by atoms with E-state index in [0.717, 1.165) is 5.56 Å². The van der Waals surface area contributed by atoms with E-state index in [2.05, 4.69) is 38.0 Å². The second-order valence-electron chi connectivity index (χ2n) is 5.93. The van der Waals surface area contributed by atoms with Crippen LogP contribution in [0.1, 0.15) is 42.3 Å². The number of carbonyl (C=O) groups is 1. The molecule has 4 nitrogen and oxygen atoms in total. The summed E-state index contributed by atoms with van der Waals surface area (Å²) >= 11 is 0. The van der Waals surface area contributed by atoms with Crippen LogP contribution in [0.4, 0.5) is 0 Å². The zero-order chi connectivity index (χ0) is 14.8. The third-order valence-electron chi connectivity index (χ3n) is 3.13. The number of aryl methyl sites for hydroxylation is 1. The van der Waals surface area contributed by atoms with Crippen molar-refractivity contribution in [2.75, 3.05) is 0 Å². The van der Waals surface area contributed by atoms with Crippen molar-refractivity contribution in [1.29, 1.82) is 0 Å². The molecule has 0 bridgehead atoms. The lowest BCUT2D eigenvalue weighted by molar-refractivity contribution is 0.0472. The molecule has 0 N–H and O–H groups in total. The number of ether oxygens (including phenoxy) is 1. The van der Waals surface area contributed by atoms with Gasteiger partial charge in [0.15, 0.2) is 0 Å². The largest absolute Gasteiger partial charge is 0.457 e. The minimum atomic E-state index is -0.349. The van der Waals surface area contributed by atoms with E-state index in [9.17, 15) is 4.79 Å². The van der Waals surface area contributed by atoms with Crippen LogP contribution in [0.15, 0.2) is 36.7 Å². The van der Waals surface area contributed by atoms with Crippen molar-refractivity contribution < 1.29 is 9.53 Å². The highest BCUT2D eigenvalue weighted by molar-refractivity contribution is 5.88. The van der Waals surface area contributed by atoms with Crippen molar-refractivity contribution in [1.82, 2.24) is 9.78 Å². The number of aromatic nitrogens is 2. The van der Waals surface area contributed by atoms with Gasteiger partial charge < -0.3 is 4.74 Å². The number of benzene rings is 1. The molecule has 0 saturated heterocycles. The van der Waals surface area contributed by atoms with Crippen molar-refractivity contribution in [3.63, 3.8) is 0 Å². The molecule has 0 aliphatic heterocycles. The van der Waals surface area contributed by atoms with Gasteiger partial charge in [0.05, 0.1) is 11.8 Å². The second-order valence-corrected chi connectivity index (χ2v) is 5.93. The van der Waals surface area contributed by atoms with E-state index in [1.165, 1.54) is 11.8 Å². The van der Waals surface area contributed by atoms with Crippen LogP contribution in [-0.4, -0.2) is 15.7 Å². The molecule has 106 valence electrons. The number of rotatable bonds is 3. The Balaban J connectivity index is 1.96. The van der Waals surface area contributed by atoms with Crippen LogP contribution in [0, 0.1) is 0 Å². The first-order chi connectivity index (χ1) is 9.36. The summed E-state index contributed by atoms with van der Waals surface area (Å²) in [5.74, 6) is -0.349. The Morgan fingerprint density at radius 3 is 2.40 bits per heavy atom. The highest BCUT2D eigenvalue weighted by atomic mass is 16.5. The fraction of sp³-hybridized carbons (Fsp3) is 0.375.